The minimum Gasteiger partial charge on any atom is -0.468 e. The third-order valence-electron chi connectivity index (χ3n) is 6.16. The summed E-state index contributed by atoms with van der Waals surface area (Å²) in [5.74, 6) is -1.76. The smallest absolute Gasteiger partial charge is 0.320 e. The molecule has 3 aliphatic rings. The molecule has 0 radical (unpaired) electrons. The van der Waals surface area contributed by atoms with Gasteiger partial charge >= 0.3 is 11.9 Å². The van der Waals surface area contributed by atoms with Gasteiger partial charge in [0.25, 0.3) is 0 Å². The van der Waals surface area contributed by atoms with Crippen molar-refractivity contribution in [2.24, 2.45) is 34.5 Å². The lowest BCUT2D eigenvalue weighted by atomic mass is 9.62. The summed E-state index contributed by atoms with van der Waals surface area (Å²) in [5, 5.41) is 0. The molecule has 0 unspecified atom stereocenters. The minimum atomic E-state index is -1.35. The van der Waals surface area contributed by atoms with Crippen molar-refractivity contribution in [3.8, 4) is 0 Å². The lowest BCUT2D eigenvalue weighted by Crippen LogP contribution is -2.53. The van der Waals surface area contributed by atoms with Crippen LogP contribution < -0.4 is 0 Å². The number of methoxy groups -OCH3 is 1. The molecule has 0 amide bonds. The molecule has 1 saturated heterocycles. The first-order chi connectivity index (χ1) is 10.3. The first kappa shape index (κ1) is 15.5. The largest absolute Gasteiger partial charge is 0.468 e. The number of carbonyl (C=O) groups is 3. The quantitative estimate of drug-likeness (QED) is 0.547. The molecule has 3 rings (SSSR count). The van der Waals surface area contributed by atoms with Crippen molar-refractivity contribution in [3.05, 3.63) is 0 Å². The second kappa shape index (κ2) is 4.80. The van der Waals surface area contributed by atoms with Gasteiger partial charge in [-0.15, -0.1) is 0 Å². The summed E-state index contributed by atoms with van der Waals surface area (Å²) in [6.45, 7) is 6.14. The van der Waals surface area contributed by atoms with E-state index in [1.165, 1.54) is 7.11 Å². The van der Waals surface area contributed by atoms with Crippen molar-refractivity contribution in [1.82, 2.24) is 0 Å². The molecule has 3 fully saturated rings. The number of cyclic esters (lactones) is 1. The molecule has 0 bridgehead atoms. The van der Waals surface area contributed by atoms with Crippen LogP contribution in [-0.4, -0.2) is 31.4 Å². The fourth-order valence-electron chi connectivity index (χ4n) is 5.15. The highest BCUT2D eigenvalue weighted by Crippen LogP contribution is 2.62. The lowest BCUT2D eigenvalue weighted by molar-refractivity contribution is -0.171. The van der Waals surface area contributed by atoms with E-state index in [4.69, 9.17) is 9.47 Å². The number of rotatable bonds is 1. The molecule has 5 heteroatoms. The average Bonchev–Trinajstić information content (AvgIpc) is 2.89. The molecule has 22 heavy (non-hydrogen) atoms. The molecular weight excluding hydrogens is 284 g/mol. The van der Waals surface area contributed by atoms with E-state index in [0.717, 1.165) is 12.8 Å². The van der Waals surface area contributed by atoms with E-state index in [0.29, 0.717) is 13.0 Å². The van der Waals surface area contributed by atoms with E-state index in [2.05, 4.69) is 6.92 Å². The van der Waals surface area contributed by atoms with Crippen LogP contribution >= 0.6 is 0 Å². The highest BCUT2D eigenvalue weighted by molar-refractivity contribution is 6.11. The van der Waals surface area contributed by atoms with Crippen molar-refractivity contribution in [2.45, 2.75) is 40.0 Å². The second-order valence-corrected chi connectivity index (χ2v) is 7.81. The summed E-state index contributed by atoms with van der Waals surface area (Å²) in [4.78, 5) is 38.5. The van der Waals surface area contributed by atoms with Gasteiger partial charge in [0.05, 0.1) is 19.6 Å². The number of hydrogen-bond donors (Lipinski definition) is 0. The monoisotopic (exact) mass is 308 g/mol. The summed E-state index contributed by atoms with van der Waals surface area (Å²) in [7, 11) is 1.30. The van der Waals surface area contributed by atoms with Crippen molar-refractivity contribution in [2.75, 3.05) is 13.7 Å². The Kier molecular flexibility index (Phi) is 3.38. The van der Waals surface area contributed by atoms with Crippen LogP contribution in [0.15, 0.2) is 0 Å². The molecule has 122 valence electrons. The van der Waals surface area contributed by atoms with Gasteiger partial charge < -0.3 is 9.47 Å². The van der Waals surface area contributed by atoms with Crippen LogP contribution in [-0.2, 0) is 23.9 Å². The number of ether oxygens (including phenoxy) is 2. The highest BCUT2D eigenvalue weighted by atomic mass is 16.5. The van der Waals surface area contributed by atoms with Crippen molar-refractivity contribution in [3.63, 3.8) is 0 Å². The molecule has 0 N–H and O–H groups in total. The zero-order chi connectivity index (χ0) is 16.3. The zero-order valence-corrected chi connectivity index (χ0v) is 13.7. The average molecular weight is 308 g/mol. The maximum absolute atomic E-state index is 13.3. The molecule has 1 aliphatic heterocycles. The third kappa shape index (κ3) is 1.74. The Labute approximate surface area is 130 Å². The summed E-state index contributed by atoms with van der Waals surface area (Å²) in [5.41, 5.74) is -1.97. The molecular formula is C17H24O5. The van der Waals surface area contributed by atoms with Crippen molar-refractivity contribution in [1.29, 1.82) is 0 Å². The maximum atomic E-state index is 13.3. The van der Waals surface area contributed by atoms with Crippen LogP contribution in [0, 0.1) is 34.5 Å². The van der Waals surface area contributed by atoms with Gasteiger partial charge in [-0.05, 0) is 31.1 Å². The summed E-state index contributed by atoms with van der Waals surface area (Å²) < 4.78 is 10.3. The molecule has 2 saturated carbocycles. The van der Waals surface area contributed by atoms with Crippen LogP contribution in [0.4, 0.5) is 0 Å². The Morgan fingerprint density at radius 3 is 2.59 bits per heavy atom. The van der Waals surface area contributed by atoms with Gasteiger partial charge in [-0.2, -0.15) is 0 Å². The van der Waals surface area contributed by atoms with Crippen LogP contribution in [0.3, 0.4) is 0 Å². The Hall–Kier alpha value is -1.39. The fraction of sp³-hybridized carbons (Fsp3) is 0.824. The molecule has 5 nitrogen and oxygen atoms in total. The summed E-state index contributed by atoms with van der Waals surface area (Å²) in [6, 6.07) is 0. The predicted octanol–water partition coefficient (Wildman–Crippen LogP) is 1.98. The molecule has 0 aromatic heterocycles. The van der Waals surface area contributed by atoms with E-state index in [1.54, 1.807) is 0 Å². The van der Waals surface area contributed by atoms with E-state index in [9.17, 15) is 14.4 Å². The zero-order valence-electron chi connectivity index (χ0n) is 13.7. The predicted molar refractivity (Wildman–Crippen MR) is 77.7 cm³/mol. The fourth-order valence-corrected chi connectivity index (χ4v) is 5.15. The first-order valence-electron chi connectivity index (χ1n) is 8.06. The Morgan fingerprint density at radius 1 is 1.27 bits per heavy atom. The third-order valence-corrected chi connectivity index (χ3v) is 6.16. The molecule has 0 spiro atoms. The Morgan fingerprint density at radius 2 is 1.95 bits per heavy atom. The Balaban J connectivity index is 2.24. The molecule has 5 atom stereocenters. The highest BCUT2D eigenvalue weighted by Gasteiger charge is 2.72. The maximum Gasteiger partial charge on any atom is 0.320 e. The molecule has 0 aromatic rings. The van der Waals surface area contributed by atoms with E-state index < -0.39 is 28.7 Å². The molecule has 1 heterocycles. The second-order valence-electron chi connectivity index (χ2n) is 7.81. The van der Waals surface area contributed by atoms with Gasteiger partial charge in [-0.1, -0.05) is 20.8 Å². The number of ketones is 1. The first-order valence-corrected chi connectivity index (χ1v) is 8.06. The summed E-state index contributed by atoms with van der Waals surface area (Å²) in [6.07, 6.45) is 2.35. The number of esters is 2. The van der Waals surface area contributed by atoms with Crippen LogP contribution in [0.25, 0.3) is 0 Å². The number of carbonyl (C=O) groups excluding carboxylic acids is 3. The lowest BCUT2D eigenvalue weighted by Gasteiger charge is -2.36. The standard InChI is InChI=1S/C17H24O5/c1-9-5-6-10-8-22-13(18)12(10)17(15(20)21-4)11(9)7-16(2,3)14(17)19/h9-12H,5-8H2,1-4H3/t9-,10-,11-,12+,17+/m0/s1. The topological polar surface area (TPSA) is 69.7 Å². The van der Waals surface area contributed by atoms with Crippen LogP contribution in [0.5, 0.6) is 0 Å². The van der Waals surface area contributed by atoms with Crippen LogP contribution in [0.1, 0.15) is 40.0 Å². The van der Waals surface area contributed by atoms with Crippen molar-refractivity contribution >= 4 is 17.7 Å². The Bertz CT molecular complexity index is 537. The van der Waals surface area contributed by atoms with Gasteiger partial charge in [-0.25, -0.2) is 0 Å². The van der Waals surface area contributed by atoms with Gasteiger partial charge in [0, 0.05) is 11.3 Å². The van der Waals surface area contributed by atoms with Gasteiger partial charge in [0.15, 0.2) is 5.78 Å². The number of hydrogen-bond acceptors (Lipinski definition) is 5. The molecule has 0 aromatic carbocycles. The molecule has 2 aliphatic carbocycles. The van der Waals surface area contributed by atoms with E-state index in [-0.39, 0.29) is 23.5 Å². The number of Topliss-reactive ketones (excluding diaryl/α,β-unsaturated/α-hetero) is 1. The van der Waals surface area contributed by atoms with Crippen molar-refractivity contribution < 1.29 is 23.9 Å². The van der Waals surface area contributed by atoms with E-state index >= 15 is 0 Å². The van der Waals surface area contributed by atoms with Gasteiger partial charge in [-0.3, -0.25) is 14.4 Å². The normalized spacial score (nSPS) is 43.1. The van der Waals surface area contributed by atoms with E-state index in [1.807, 2.05) is 13.8 Å². The van der Waals surface area contributed by atoms with Gasteiger partial charge in [0.2, 0.25) is 0 Å². The number of fused-ring (bicyclic) bond motifs is 3. The SMILES string of the molecule is COC(=O)[C@]12C(=O)C(C)(C)C[C@H]1[C@@H](C)CC[C@H]1COC(=O)[C@@H]12. The summed E-state index contributed by atoms with van der Waals surface area (Å²) >= 11 is 0. The minimum absolute atomic E-state index is 0.0584. The van der Waals surface area contributed by atoms with Crippen LogP contribution in [0.2, 0.25) is 0 Å². The van der Waals surface area contributed by atoms with Gasteiger partial charge in [0.1, 0.15) is 5.41 Å².